The number of alkyl halides is 3. The van der Waals surface area contributed by atoms with Gasteiger partial charge in [-0.15, -0.1) is 11.8 Å². The number of carbonyl (C=O) groups is 1. The molecule has 5 rings (SSSR count). The number of aromatic amines is 1. The number of H-pyrrole nitrogens is 1. The summed E-state index contributed by atoms with van der Waals surface area (Å²) >= 11 is 1.74. The minimum absolute atomic E-state index is 0.0327. The van der Waals surface area contributed by atoms with Crippen LogP contribution in [0.1, 0.15) is 30.4 Å². The van der Waals surface area contributed by atoms with Crippen LogP contribution in [0.25, 0.3) is 11.1 Å². The lowest BCUT2D eigenvalue weighted by Crippen LogP contribution is -2.43. The summed E-state index contributed by atoms with van der Waals surface area (Å²) in [4.78, 5) is 30.9. The highest BCUT2D eigenvalue weighted by atomic mass is 32.2. The van der Waals surface area contributed by atoms with Crippen molar-refractivity contribution in [3.63, 3.8) is 0 Å². The summed E-state index contributed by atoms with van der Waals surface area (Å²) in [6.07, 6.45) is 0.107. The number of nitrogens with one attached hydrogen (secondary N) is 1. The predicted molar refractivity (Wildman–Crippen MR) is 129 cm³/mol. The lowest BCUT2D eigenvalue weighted by Gasteiger charge is -2.38. The molecule has 0 radical (unpaired) electrons. The second kappa shape index (κ2) is 9.49. The van der Waals surface area contributed by atoms with Crippen LogP contribution < -0.4 is 10.7 Å². The van der Waals surface area contributed by atoms with Crippen molar-refractivity contribution in [3.8, 4) is 0 Å². The first-order valence-electron chi connectivity index (χ1n) is 11.5. The number of benzene rings is 2. The Kier molecular flexibility index (Phi) is 6.39. The van der Waals surface area contributed by atoms with E-state index < -0.39 is 17.5 Å². The number of piperidine rings is 1. The summed E-state index contributed by atoms with van der Waals surface area (Å²) in [6, 6.07) is 10.7. The average molecular weight is 504 g/mol. The topological polar surface area (TPSA) is 69.6 Å². The predicted octanol–water partition coefficient (Wildman–Crippen LogP) is 5.36. The third-order valence-corrected chi connectivity index (χ3v) is 7.79. The second-order valence-corrected chi connectivity index (χ2v) is 9.85. The average Bonchev–Trinajstić information content (AvgIpc) is 3.48. The van der Waals surface area contributed by atoms with Crippen LogP contribution in [0.4, 0.5) is 18.9 Å². The molecule has 0 bridgehead atoms. The van der Waals surface area contributed by atoms with Crippen molar-refractivity contribution in [2.75, 3.05) is 18.0 Å². The highest BCUT2D eigenvalue weighted by molar-refractivity contribution is 8.03. The first-order chi connectivity index (χ1) is 16.8. The summed E-state index contributed by atoms with van der Waals surface area (Å²) in [5.74, 6) is -0.0661. The Hall–Kier alpha value is -3.14. The van der Waals surface area contributed by atoms with E-state index in [-0.39, 0.29) is 17.7 Å². The largest absolute Gasteiger partial charge is 0.417 e. The molecule has 6 nitrogen and oxygen atoms in total. The summed E-state index contributed by atoms with van der Waals surface area (Å²) in [6.45, 7) is 1.32. The van der Waals surface area contributed by atoms with Crippen LogP contribution in [0.3, 0.4) is 0 Å². The first kappa shape index (κ1) is 23.6. The van der Waals surface area contributed by atoms with Crippen LogP contribution in [0.15, 0.2) is 63.3 Å². The van der Waals surface area contributed by atoms with Gasteiger partial charge < -0.3 is 14.2 Å². The highest BCUT2D eigenvalue weighted by Gasteiger charge is 2.34. The van der Waals surface area contributed by atoms with E-state index in [4.69, 9.17) is 4.42 Å². The number of aryl methyl sites for hydroxylation is 1. The van der Waals surface area contributed by atoms with E-state index in [0.29, 0.717) is 36.5 Å². The number of hydrogen-bond donors (Lipinski definition) is 1. The van der Waals surface area contributed by atoms with Crippen LogP contribution in [0, 0.1) is 5.92 Å². The van der Waals surface area contributed by atoms with Gasteiger partial charge in [0.15, 0.2) is 5.58 Å². The van der Waals surface area contributed by atoms with Gasteiger partial charge in [-0.1, -0.05) is 12.1 Å². The van der Waals surface area contributed by atoms with Gasteiger partial charge in [0.1, 0.15) is 0 Å². The van der Waals surface area contributed by atoms with Crippen molar-refractivity contribution in [1.82, 2.24) is 9.88 Å². The number of amides is 1. The van der Waals surface area contributed by atoms with Crippen molar-refractivity contribution < 1.29 is 22.4 Å². The summed E-state index contributed by atoms with van der Waals surface area (Å²) in [5, 5.41) is 2.26. The Morgan fingerprint density at radius 2 is 1.86 bits per heavy atom. The Bertz CT molecular complexity index is 1290. The molecule has 3 aromatic rings. The minimum Gasteiger partial charge on any atom is -0.408 e. The number of likely N-dealkylation sites (tertiary alicyclic amines) is 1. The molecular weight excluding hydrogens is 479 g/mol. The highest BCUT2D eigenvalue weighted by Crippen LogP contribution is 2.39. The number of hydrogen-bond acceptors (Lipinski definition) is 5. The number of oxazole rings is 1. The molecule has 2 aliphatic rings. The van der Waals surface area contributed by atoms with E-state index in [2.05, 4.69) is 15.3 Å². The fraction of sp³-hybridized carbons (Fsp3) is 0.360. The molecule has 1 unspecified atom stereocenters. The minimum atomic E-state index is -4.36. The smallest absolute Gasteiger partial charge is 0.408 e. The van der Waals surface area contributed by atoms with Crippen molar-refractivity contribution in [2.45, 2.75) is 37.2 Å². The molecule has 184 valence electrons. The molecule has 1 atom stereocenters. The molecule has 0 spiro atoms. The van der Waals surface area contributed by atoms with Crippen molar-refractivity contribution in [1.29, 1.82) is 0 Å². The Morgan fingerprint density at radius 1 is 1.11 bits per heavy atom. The zero-order chi connectivity index (χ0) is 24.6. The van der Waals surface area contributed by atoms with Gasteiger partial charge in [-0.2, -0.15) is 13.2 Å². The number of anilines is 1. The van der Waals surface area contributed by atoms with E-state index in [1.807, 2.05) is 29.3 Å². The van der Waals surface area contributed by atoms with E-state index in [0.717, 1.165) is 36.2 Å². The maximum Gasteiger partial charge on any atom is 0.417 e. The number of carbonyl (C=O) groups excluding carboxylic acids is 1. The molecule has 1 amide bonds. The van der Waals surface area contributed by atoms with E-state index in [1.54, 1.807) is 11.8 Å². The van der Waals surface area contributed by atoms with Gasteiger partial charge in [0.25, 0.3) is 0 Å². The number of rotatable bonds is 5. The van der Waals surface area contributed by atoms with Crippen molar-refractivity contribution in [2.24, 2.45) is 5.92 Å². The van der Waals surface area contributed by atoms with Gasteiger partial charge >= 0.3 is 11.9 Å². The van der Waals surface area contributed by atoms with Crippen LogP contribution in [0.2, 0.25) is 0 Å². The van der Waals surface area contributed by atoms with Crippen LogP contribution in [-0.2, 0) is 17.4 Å². The molecule has 1 fully saturated rings. The zero-order valence-corrected chi connectivity index (χ0v) is 19.6. The third kappa shape index (κ3) is 5.12. The normalized spacial score (nSPS) is 19.1. The molecule has 2 aliphatic heterocycles. The Balaban J connectivity index is 1.15. The maximum atomic E-state index is 12.7. The molecule has 0 saturated carbocycles. The monoisotopic (exact) mass is 503 g/mol. The molecule has 35 heavy (non-hydrogen) atoms. The number of halogens is 3. The van der Waals surface area contributed by atoms with E-state index in [9.17, 15) is 22.8 Å². The van der Waals surface area contributed by atoms with E-state index >= 15 is 0 Å². The molecule has 10 heteroatoms. The molecular formula is C25H24F3N3O3S. The second-order valence-electron chi connectivity index (χ2n) is 8.83. The van der Waals surface area contributed by atoms with Gasteiger partial charge in [-0.25, -0.2) is 4.79 Å². The van der Waals surface area contributed by atoms with Gasteiger partial charge in [0.2, 0.25) is 5.91 Å². The Labute approximate surface area is 203 Å². The molecule has 0 aliphatic carbocycles. The molecule has 1 saturated heterocycles. The standard InChI is InChI=1S/C25H24F3N3O3S/c26-25(27,28)18-4-1-16(2-5-18)3-8-22(32)30-11-9-17(10-12-30)23-31(13-14-35-23)19-6-7-20-21(15-19)34-24(33)29-20/h1-2,4-7,13-15,17,23H,3,8-12H2,(H,29,33). The fourth-order valence-electron chi connectivity index (χ4n) is 4.70. The summed E-state index contributed by atoms with van der Waals surface area (Å²) in [5.41, 5.74) is 2.17. The van der Waals surface area contributed by atoms with Gasteiger partial charge in [-0.3, -0.25) is 9.78 Å². The van der Waals surface area contributed by atoms with Crippen molar-refractivity contribution >= 4 is 34.5 Å². The molecule has 1 aromatic heterocycles. The van der Waals surface area contributed by atoms with Gasteiger partial charge in [-0.05, 0) is 60.4 Å². The fourth-order valence-corrected chi connectivity index (χ4v) is 5.88. The van der Waals surface area contributed by atoms with Crippen LogP contribution in [-0.4, -0.2) is 34.3 Å². The van der Waals surface area contributed by atoms with Crippen LogP contribution >= 0.6 is 11.8 Å². The number of thioether (sulfide) groups is 1. The quantitative estimate of drug-likeness (QED) is 0.508. The van der Waals surface area contributed by atoms with E-state index in [1.165, 1.54) is 12.1 Å². The van der Waals surface area contributed by atoms with Crippen LogP contribution in [0.5, 0.6) is 0 Å². The molecule has 2 aromatic carbocycles. The SMILES string of the molecule is O=C(CCc1ccc(C(F)(F)F)cc1)N1CCC(C2SC=CN2c2ccc3[nH]c(=O)oc3c2)CC1. The van der Waals surface area contributed by atoms with Gasteiger partial charge in [0.05, 0.1) is 16.5 Å². The summed E-state index contributed by atoms with van der Waals surface area (Å²) in [7, 11) is 0. The lowest BCUT2D eigenvalue weighted by atomic mass is 9.95. The number of aromatic nitrogens is 1. The number of nitrogens with zero attached hydrogens (tertiary/aromatic N) is 2. The zero-order valence-electron chi connectivity index (χ0n) is 18.8. The third-order valence-electron chi connectivity index (χ3n) is 6.62. The summed E-state index contributed by atoms with van der Waals surface area (Å²) < 4.78 is 43.4. The first-order valence-corrected chi connectivity index (χ1v) is 12.4. The Morgan fingerprint density at radius 3 is 2.57 bits per heavy atom. The molecule has 3 heterocycles. The molecule has 1 N–H and O–H groups in total. The lowest BCUT2D eigenvalue weighted by molar-refractivity contribution is -0.137. The maximum absolute atomic E-state index is 12.7. The van der Waals surface area contributed by atoms with Gasteiger partial charge in [0, 0.05) is 37.5 Å². The van der Waals surface area contributed by atoms with Crippen molar-refractivity contribution in [3.05, 3.63) is 75.8 Å². The number of fused-ring (bicyclic) bond motifs is 1.